The number of hydrogen-bond acceptors (Lipinski definition) is 6. The van der Waals surface area contributed by atoms with Gasteiger partial charge in [0.15, 0.2) is 5.17 Å². The quantitative estimate of drug-likeness (QED) is 0.206. The third-order valence-corrected chi connectivity index (χ3v) is 7.72. The van der Waals surface area contributed by atoms with Crippen molar-refractivity contribution < 1.29 is 24.2 Å². The maximum absolute atomic E-state index is 13.7. The predicted molar refractivity (Wildman–Crippen MR) is 160 cm³/mol. The fourth-order valence-electron chi connectivity index (χ4n) is 4.68. The lowest BCUT2D eigenvalue weighted by Gasteiger charge is -2.16. The van der Waals surface area contributed by atoms with Crippen LogP contribution in [0.1, 0.15) is 43.2 Å². The number of carbonyl (C=O) groups is 3. The first kappa shape index (κ1) is 27.7. The van der Waals surface area contributed by atoms with Crippen LogP contribution in [-0.2, 0) is 16.1 Å². The Morgan fingerprint density at radius 3 is 2.34 bits per heavy atom. The van der Waals surface area contributed by atoms with Crippen molar-refractivity contribution in [3.8, 4) is 5.69 Å². The van der Waals surface area contributed by atoms with E-state index >= 15 is 0 Å². The minimum atomic E-state index is -1.01. The minimum absolute atomic E-state index is 0.179. The molecule has 0 unspecified atom stereocenters. The smallest absolute Gasteiger partial charge is 0.339 e. The largest absolute Gasteiger partial charge is 0.478 e. The van der Waals surface area contributed by atoms with Gasteiger partial charge in [0, 0.05) is 11.4 Å². The van der Waals surface area contributed by atoms with Crippen LogP contribution in [0.15, 0.2) is 94.8 Å². The van der Waals surface area contributed by atoms with Crippen LogP contribution in [0.3, 0.4) is 0 Å². The Morgan fingerprint density at radius 2 is 1.66 bits per heavy atom. The van der Waals surface area contributed by atoms with Gasteiger partial charge >= 0.3 is 11.9 Å². The summed E-state index contributed by atoms with van der Waals surface area (Å²) in [6.07, 6.45) is 1.85. The second-order valence-electron chi connectivity index (χ2n) is 9.40. The number of amides is 1. The van der Waals surface area contributed by atoms with Crippen LogP contribution in [0.25, 0.3) is 11.8 Å². The molecule has 1 aliphatic rings. The number of thioether (sulfide) groups is 1. The van der Waals surface area contributed by atoms with Crippen molar-refractivity contribution in [1.82, 2.24) is 9.47 Å². The van der Waals surface area contributed by atoms with E-state index in [0.717, 1.165) is 22.5 Å². The SMILES string of the molecule is COC(=O)c1ccccc1-n1c(C)cc(/C=C2\SC(=Nc3ccccc3)N(Cc3ccc(C(=O)O)cc3)C2=O)c1C. The number of para-hydroxylation sites is 2. The van der Waals surface area contributed by atoms with E-state index in [-0.39, 0.29) is 18.0 Å². The van der Waals surface area contributed by atoms with Gasteiger partial charge in [-0.05, 0) is 85.3 Å². The molecule has 8 nitrogen and oxygen atoms in total. The first-order chi connectivity index (χ1) is 19.8. The zero-order chi connectivity index (χ0) is 29.1. The van der Waals surface area contributed by atoms with E-state index in [1.54, 1.807) is 29.2 Å². The Morgan fingerprint density at radius 1 is 0.976 bits per heavy atom. The van der Waals surface area contributed by atoms with E-state index in [1.165, 1.54) is 31.0 Å². The molecular weight excluding hydrogens is 538 g/mol. The lowest BCUT2D eigenvalue weighted by molar-refractivity contribution is -0.122. The van der Waals surface area contributed by atoms with E-state index in [0.29, 0.717) is 27.0 Å². The molecule has 1 N–H and O–H groups in total. The van der Waals surface area contributed by atoms with Gasteiger partial charge in [0.25, 0.3) is 5.91 Å². The number of amidine groups is 1. The Bertz CT molecular complexity index is 1710. The molecule has 2 heterocycles. The summed E-state index contributed by atoms with van der Waals surface area (Å²) in [6, 6.07) is 25.1. The van der Waals surface area contributed by atoms with E-state index in [4.69, 9.17) is 9.73 Å². The average molecular weight is 566 g/mol. The molecule has 1 fully saturated rings. The Hall–Kier alpha value is -4.89. The third kappa shape index (κ3) is 5.71. The van der Waals surface area contributed by atoms with Crippen molar-refractivity contribution >= 4 is 46.5 Å². The van der Waals surface area contributed by atoms with E-state index in [9.17, 15) is 19.5 Å². The van der Waals surface area contributed by atoms with Crippen LogP contribution >= 0.6 is 11.8 Å². The summed E-state index contributed by atoms with van der Waals surface area (Å²) in [5, 5.41) is 9.76. The molecule has 41 heavy (non-hydrogen) atoms. The fraction of sp³-hybridized carbons (Fsp3) is 0.125. The van der Waals surface area contributed by atoms with Gasteiger partial charge in [-0.25, -0.2) is 14.6 Å². The lowest BCUT2D eigenvalue weighted by atomic mass is 10.1. The van der Waals surface area contributed by atoms with Gasteiger partial charge in [0.05, 0.1) is 41.1 Å². The van der Waals surface area contributed by atoms with E-state index < -0.39 is 11.9 Å². The maximum Gasteiger partial charge on any atom is 0.339 e. The monoisotopic (exact) mass is 565 g/mol. The highest BCUT2D eigenvalue weighted by Crippen LogP contribution is 2.36. The second kappa shape index (κ2) is 11.7. The molecule has 1 amide bonds. The summed E-state index contributed by atoms with van der Waals surface area (Å²) in [6.45, 7) is 4.13. The molecule has 0 saturated carbocycles. The molecule has 1 saturated heterocycles. The van der Waals surface area contributed by atoms with Crippen molar-refractivity contribution in [2.75, 3.05) is 7.11 Å². The number of nitrogens with zero attached hydrogens (tertiary/aromatic N) is 3. The second-order valence-corrected chi connectivity index (χ2v) is 10.4. The van der Waals surface area contributed by atoms with Crippen LogP contribution in [-0.4, -0.2) is 44.7 Å². The minimum Gasteiger partial charge on any atom is -0.478 e. The van der Waals surface area contributed by atoms with Crippen LogP contribution in [0.2, 0.25) is 0 Å². The van der Waals surface area contributed by atoms with Gasteiger partial charge in [-0.2, -0.15) is 0 Å². The lowest BCUT2D eigenvalue weighted by Crippen LogP contribution is -2.28. The van der Waals surface area contributed by atoms with Gasteiger partial charge < -0.3 is 14.4 Å². The summed E-state index contributed by atoms with van der Waals surface area (Å²) in [4.78, 5) is 44.3. The number of hydrogen-bond donors (Lipinski definition) is 1. The highest BCUT2D eigenvalue weighted by molar-refractivity contribution is 8.18. The molecule has 5 rings (SSSR count). The number of carboxylic acids is 1. The number of esters is 1. The molecule has 206 valence electrons. The van der Waals surface area contributed by atoms with E-state index in [1.807, 2.05) is 73.0 Å². The molecule has 0 aliphatic carbocycles. The van der Waals surface area contributed by atoms with Crippen molar-refractivity contribution in [2.45, 2.75) is 20.4 Å². The van der Waals surface area contributed by atoms with Crippen LogP contribution in [0.5, 0.6) is 0 Å². The normalized spacial score (nSPS) is 15.1. The Balaban J connectivity index is 1.53. The standard InChI is InChI=1S/C32H27N3O5S/c1-20-17-24(21(2)35(20)27-12-8-7-11-26(27)31(39)40-3)18-28-29(36)34(19-22-13-15-23(16-14-22)30(37)38)32(41-28)33-25-9-5-4-6-10-25/h4-18H,19H2,1-3H3,(H,37,38)/b28-18-,33-32?. The summed E-state index contributed by atoms with van der Waals surface area (Å²) in [5.74, 6) is -1.64. The van der Waals surface area contributed by atoms with Crippen LogP contribution in [0.4, 0.5) is 5.69 Å². The molecule has 0 spiro atoms. The predicted octanol–water partition coefficient (Wildman–Crippen LogP) is 6.38. The fourth-order valence-corrected chi connectivity index (χ4v) is 5.66. The number of carbonyl (C=O) groups excluding carboxylic acids is 2. The molecule has 4 aromatic rings. The number of rotatable bonds is 7. The number of carboxylic acid groups (broad SMARTS) is 1. The maximum atomic E-state index is 13.7. The van der Waals surface area contributed by atoms with Crippen LogP contribution < -0.4 is 0 Å². The number of aliphatic imine (C=N–C) groups is 1. The molecule has 1 aromatic heterocycles. The highest BCUT2D eigenvalue weighted by Gasteiger charge is 2.34. The number of aryl methyl sites for hydroxylation is 1. The van der Waals surface area contributed by atoms with Gasteiger partial charge in [-0.15, -0.1) is 0 Å². The molecule has 0 atom stereocenters. The summed E-state index contributed by atoms with van der Waals surface area (Å²) in [7, 11) is 1.36. The number of benzene rings is 3. The summed E-state index contributed by atoms with van der Waals surface area (Å²) in [5.41, 5.74) is 5.42. The van der Waals surface area contributed by atoms with Crippen molar-refractivity contribution in [2.24, 2.45) is 4.99 Å². The van der Waals surface area contributed by atoms with Gasteiger partial charge in [-0.3, -0.25) is 9.69 Å². The molecule has 0 radical (unpaired) electrons. The van der Waals surface area contributed by atoms with Gasteiger partial charge in [-0.1, -0.05) is 42.5 Å². The molecule has 1 aliphatic heterocycles. The van der Waals surface area contributed by atoms with Crippen LogP contribution in [0, 0.1) is 13.8 Å². The molecule has 3 aromatic carbocycles. The zero-order valence-electron chi connectivity index (χ0n) is 22.7. The van der Waals surface area contributed by atoms with Gasteiger partial charge in [0.1, 0.15) is 0 Å². The summed E-state index contributed by atoms with van der Waals surface area (Å²) < 4.78 is 6.96. The van der Waals surface area contributed by atoms with Gasteiger partial charge in [0.2, 0.25) is 0 Å². The number of aromatic nitrogens is 1. The van der Waals surface area contributed by atoms with E-state index in [2.05, 4.69) is 0 Å². The summed E-state index contributed by atoms with van der Waals surface area (Å²) >= 11 is 1.29. The van der Waals surface area contributed by atoms with Crippen molar-refractivity contribution in [3.63, 3.8) is 0 Å². The molecule has 9 heteroatoms. The van der Waals surface area contributed by atoms with Crippen molar-refractivity contribution in [1.29, 1.82) is 0 Å². The molecular formula is C32H27N3O5S. The Labute approximate surface area is 241 Å². The topological polar surface area (TPSA) is 101 Å². The number of ether oxygens (including phenoxy) is 1. The zero-order valence-corrected chi connectivity index (χ0v) is 23.5. The Kier molecular flexibility index (Phi) is 7.89. The highest BCUT2D eigenvalue weighted by atomic mass is 32.2. The molecule has 0 bridgehead atoms. The first-order valence-corrected chi connectivity index (χ1v) is 13.6. The number of methoxy groups -OCH3 is 1. The average Bonchev–Trinajstić information content (AvgIpc) is 3.42. The third-order valence-electron chi connectivity index (χ3n) is 6.72. The number of aromatic carboxylic acids is 1. The van der Waals surface area contributed by atoms with Crippen molar-refractivity contribution in [3.05, 3.63) is 123 Å². The first-order valence-electron chi connectivity index (χ1n) is 12.8.